The van der Waals surface area contributed by atoms with Gasteiger partial charge in [0.25, 0.3) is 5.69 Å². The van der Waals surface area contributed by atoms with Crippen molar-refractivity contribution in [2.45, 2.75) is 13.3 Å². The average molecular weight is 150 g/mol. The quantitative estimate of drug-likeness (QED) is 0.392. The Morgan fingerprint density at radius 3 is 2.91 bits per heavy atom. The summed E-state index contributed by atoms with van der Waals surface area (Å²) < 4.78 is 0. The zero-order valence-corrected chi connectivity index (χ0v) is 6.37. The van der Waals surface area contributed by atoms with Crippen LogP contribution in [0.1, 0.15) is 12.5 Å². The van der Waals surface area contributed by atoms with Gasteiger partial charge in [-0.2, -0.15) is 5.84 Å². The Hall–Kier alpha value is -1.38. The molecule has 1 radical (unpaired) electrons. The second-order valence-corrected chi connectivity index (χ2v) is 2.23. The van der Waals surface area contributed by atoms with E-state index < -0.39 is 0 Å². The van der Waals surface area contributed by atoms with Gasteiger partial charge in [0, 0.05) is 11.6 Å². The van der Waals surface area contributed by atoms with Gasteiger partial charge in [-0.05, 0) is 24.6 Å². The first-order chi connectivity index (χ1) is 5.25. The lowest BCUT2D eigenvalue weighted by atomic mass is 10.1. The second kappa shape index (κ2) is 3.14. The fraction of sp³-hybridized carbons (Fsp3) is 0.250. The maximum Gasteiger partial charge on any atom is 0.294 e. The Labute approximate surface area is 65.4 Å². The van der Waals surface area contributed by atoms with E-state index in [9.17, 15) is 4.91 Å². The maximum absolute atomic E-state index is 10.7. The number of nitroso groups, excluding NO2 is 1. The maximum atomic E-state index is 10.7. The monoisotopic (exact) mass is 150 g/mol. The molecule has 0 spiro atoms. The molecule has 1 aromatic rings. The Kier molecular flexibility index (Phi) is 2.21. The van der Waals surface area contributed by atoms with Crippen LogP contribution >= 0.6 is 0 Å². The predicted molar refractivity (Wildman–Crippen MR) is 42.1 cm³/mol. The topological polar surface area (TPSA) is 46.1 Å². The van der Waals surface area contributed by atoms with E-state index in [1.165, 1.54) is 0 Å². The van der Waals surface area contributed by atoms with E-state index >= 15 is 0 Å². The lowest BCUT2D eigenvalue weighted by Crippen LogP contribution is -2.10. The smallest absolute Gasteiger partial charge is 0.159 e. The molecule has 2 N–H and O–H groups in total. The Balaban J connectivity index is 3.12. The van der Waals surface area contributed by atoms with E-state index in [4.69, 9.17) is 5.84 Å². The van der Waals surface area contributed by atoms with Gasteiger partial charge in [0.05, 0.1) is 4.91 Å². The zero-order valence-electron chi connectivity index (χ0n) is 6.37. The minimum Gasteiger partial charge on any atom is -0.159 e. The molecule has 57 valence electrons. The summed E-state index contributed by atoms with van der Waals surface area (Å²) in [6.45, 7) is 1.97. The van der Waals surface area contributed by atoms with E-state index in [0.29, 0.717) is 10.6 Å². The fourth-order valence-corrected chi connectivity index (χ4v) is 0.955. The van der Waals surface area contributed by atoms with Crippen LogP contribution in [-0.4, -0.2) is 4.87 Å². The van der Waals surface area contributed by atoms with E-state index in [1.807, 2.05) is 6.92 Å². The first-order valence-corrected chi connectivity index (χ1v) is 3.46. The van der Waals surface area contributed by atoms with Crippen LogP contribution in [0.25, 0.3) is 0 Å². The number of hydrogen-bond donors (Lipinski definition) is 1. The first-order valence-electron chi connectivity index (χ1n) is 3.46. The van der Waals surface area contributed by atoms with Crippen LogP contribution in [0.15, 0.2) is 18.2 Å². The second-order valence-electron chi connectivity index (χ2n) is 2.23. The lowest BCUT2D eigenvalue weighted by Gasteiger charge is -1.93. The minimum atomic E-state index is 0.382. The van der Waals surface area contributed by atoms with Gasteiger partial charge >= 0.3 is 0 Å². The molecule has 1 rings (SSSR count). The summed E-state index contributed by atoms with van der Waals surface area (Å²) >= 11 is 0. The van der Waals surface area contributed by atoms with Crippen molar-refractivity contribution in [2.24, 2.45) is 5.84 Å². The molecule has 0 saturated heterocycles. The number of hydrogen-bond acceptors (Lipinski definition) is 1. The zero-order chi connectivity index (χ0) is 8.27. The molecule has 3 nitrogen and oxygen atoms in total. The standard InChI is InChI=1S/C8H10N2O/c1-2-7-5-3-4-6-8(7)10(9)11/h4-6H,2H2,1H3,(H2,9,11)/q+1. The van der Waals surface area contributed by atoms with Gasteiger partial charge in [0.2, 0.25) is 0 Å². The normalized spacial score (nSPS) is 9.55. The van der Waals surface area contributed by atoms with Gasteiger partial charge in [-0.25, -0.2) is 0 Å². The van der Waals surface area contributed by atoms with Gasteiger partial charge in [0.1, 0.15) is 0 Å². The van der Waals surface area contributed by atoms with Gasteiger partial charge in [-0.1, -0.05) is 6.92 Å². The summed E-state index contributed by atoms with van der Waals surface area (Å²) in [5, 5.41) is 0. The summed E-state index contributed by atoms with van der Waals surface area (Å²) in [6, 6.07) is 7.99. The summed E-state index contributed by atoms with van der Waals surface area (Å²) in [6.07, 6.45) is 0.794. The summed E-state index contributed by atoms with van der Waals surface area (Å²) in [4.78, 5) is 11.1. The van der Waals surface area contributed by atoms with Crippen LogP contribution in [0.5, 0.6) is 0 Å². The largest absolute Gasteiger partial charge is 0.294 e. The molecular formula is C8H10N2O+. The molecule has 0 aliphatic rings. The number of nitrogens with two attached hydrogens (primary N) is 1. The highest BCUT2D eigenvalue weighted by molar-refractivity contribution is 5.38. The molecule has 0 aliphatic carbocycles. The third kappa shape index (κ3) is 1.55. The van der Waals surface area contributed by atoms with Gasteiger partial charge in [-0.15, -0.1) is 0 Å². The number of aryl methyl sites for hydroxylation is 1. The summed E-state index contributed by atoms with van der Waals surface area (Å²) in [5.74, 6) is 5.05. The lowest BCUT2D eigenvalue weighted by molar-refractivity contribution is -0.475. The van der Waals surface area contributed by atoms with E-state index in [0.717, 1.165) is 12.0 Å². The highest BCUT2D eigenvalue weighted by Crippen LogP contribution is 2.15. The molecule has 0 heterocycles. The summed E-state index contributed by atoms with van der Waals surface area (Å²) in [5.41, 5.74) is 1.44. The molecule has 0 aromatic heterocycles. The SMILES string of the molecule is CCc1c[c]ccc1[N+](N)=O. The van der Waals surface area contributed by atoms with E-state index in [-0.39, 0.29) is 0 Å². The molecule has 3 heteroatoms. The van der Waals surface area contributed by atoms with Crippen molar-refractivity contribution in [3.63, 3.8) is 0 Å². The molecule has 0 atom stereocenters. The van der Waals surface area contributed by atoms with Crippen molar-refractivity contribution in [1.82, 2.24) is 0 Å². The molecule has 0 amide bonds. The Morgan fingerprint density at radius 2 is 2.45 bits per heavy atom. The molecule has 0 bridgehead atoms. The van der Waals surface area contributed by atoms with Gasteiger partial charge in [-0.3, -0.25) is 0 Å². The van der Waals surface area contributed by atoms with Crippen LogP contribution in [0.4, 0.5) is 5.69 Å². The van der Waals surface area contributed by atoms with Crippen molar-refractivity contribution in [2.75, 3.05) is 0 Å². The van der Waals surface area contributed by atoms with Crippen molar-refractivity contribution < 1.29 is 4.87 Å². The van der Waals surface area contributed by atoms with Crippen molar-refractivity contribution in [3.8, 4) is 0 Å². The summed E-state index contributed by atoms with van der Waals surface area (Å²) in [7, 11) is 0. The van der Waals surface area contributed by atoms with E-state index in [1.54, 1.807) is 18.2 Å². The Morgan fingerprint density at radius 1 is 1.73 bits per heavy atom. The molecule has 0 aliphatic heterocycles. The first kappa shape index (κ1) is 7.72. The highest BCUT2D eigenvalue weighted by atomic mass is 16.3. The van der Waals surface area contributed by atoms with Crippen molar-refractivity contribution in [3.05, 3.63) is 34.7 Å². The van der Waals surface area contributed by atoms with Gasteiger partial charge in [0.15, 0.2) is 4.87 Å². The van der Waals surface area contributed by atoms with Crippen LogP contribution in [0.2, 0.25) is 0 Å². The molecule has 0 saturated carbocycles. The molecule has 0 fully saturated rings. The van der Waals surface area contributed by atoms with Crippen molar-refractivity contribution >= 4 is 5.69 Å². The third-order valence-corrected chi connectivity index (χ3v) is 1.54. The highest BCUT2D eigenvalue weighted by Gasteiger charge is 2.12. The van der Waals surface area contributed by atoms with Crippen LogP contribution in [-0.2, 0) is 6.42 Å². The number of nitrogens with zero attached hydrogens (tertiary/aromatic N) is 1. The van der Waals surface area contributed by atoms with Crippen LogP contribution < -0.4 is 5.84 Å². The number of benzene rings is 1. The molecular weight excluding hydrogens is 140 g/mol. The molecule has 11 heavy (non-hydrogen) atoms. The number of hydrazine groups is 1. The van der Waals surface area contributed by atoms with Crippen LogP contribution in [0.3, 0.4) is 0 Å². The average Bonchev–Trinajstić information content (AvgIpc) is 2.04. The van der Waals surface area contributed by atoms with Crippen molar-refractivity contribution in [1.29, 1.82) is 0 Å². The third-order valence-electron chi connectivity index (χ3n) is 1.54. The van der Waals surface area contributed by atoms with E-state index in [2.05, 4.69) is 6.07 Å². The number of rotatable bonds is 2. The predicted octanol–water partition coefficient (Wildman–Crippen LogP) is 1.33. The van der Waals surface area contributed by atoms with Gasteiger partial charge < -0.3 is 0 Å². The molecule has 1 aromatic carbocycles. The Bertz CT molecular complexity index is 271. The van der Waals surface area contributed by atoms with Crippen LogP contribution in [0, 0.1) is 11.0 Å². The molecule has 0 unspecified atom stereocenters. The minimum absolute atomic E-state index is 0.382. The fourth-order valence-electron chi connectivity index (χ4n) is 0.955.